The van der Waals surface area contributed by atoms with E-state index in [2.05, 4.69) is 0 Å². The Hall–Kier alpha value is -3.12. The first-order valence-electron chi connectivity index (χ1n) is 9.16. The molecule has 6 heteroatoms. The summed E-state index contributed by atoms with van der Waals surface area (Å²) in [6, 6.07) is 12.3. The van der Waals surface area contributed by atoms with Gasteiger partial charge in [-0.3, -0.25) is 9.59 Å². The number of allylic oxidation sites excluding steroid dienone is 1. The van der Waals surface area contributed by atoms with Crippen molar-refractivity contribution in [3.05, 3.63) is 59.7 Å². The molecular formula is C22H21NO5. The van der Waals surface area contributed by atoms with E-state index in [1.165, 1.54) is 6.08 Å². The summed E-state index contributed by atoms with van der Waals surface area (Å²) in [6.45, 7) is 3.94. The fourth-order valence-corrected chi connectivity index (χ4v) is 3.66. The lowest BCUT2D eigenvalue weighted by Crippen LogP contribution is -2.44. The molecule has 0 radical (unpaired) electrons. The van der Waals surface area contributed by atoms with Gasteiger partial charge in [0.15, 0.2) is 22.9 Å². The Labute approximate surface area is 163 Å². The van der Waals surface area contributed by atoms with E-state index < -0.39 is 11.5 Å². The number of aliphatic hydroxyl groups is 1. The number of amides is 1. The molecule has 144 valence electrons. The van der Waals surface area contributed by atoms with Crippen LogP contribution < -0.4 is 14.4 Å². The number of hydrogen-bond acceptors (Lipinski definition) is 5. The Balaban J connectivity index is 1.56. The maximum Gasteiger partial charge on any atom is 0.264 e. The number of ether oxygens (including phenoxy) is 2. The number of hydrogen-bond donors (Lipinski definition) is 1. The lowest BCUT2D eigenvalue weighted by atomic mass is 9.89. The molecule has 6 nitrogen and oxygen atoms in total. The summed E-state index contributed by atoms with van der Waals surface area (Å²) < 4.78 is 10.6. The zero-order valence-electron chi connectivity index (χ0n) is 15.7. The lowest BCUT2D eigenvalue weighted by molar-refractivity contribution is -0.140. The van der Waals surface area contributed by atoms with Crippen LogP contribution in [-0.4, -0.2) is 29.6 Å². The van der Waals surface area contributed by atoms with Gasteiger partial charge in [-0.05, 0) is 43.7 Å². The van der Waals surface area contributed by atoms with Crippen molar-refractivity contribution in [2.75, 3.05) is 11.7 Å². The lowest BCUT2D eigenvalue weighted by Gasteiger charge is -2.25. The second kappa shape index (κ2) is 6.80. The van der Waals surface area contributed by atoms with E-state index >= 15 is 0 Å². The summed E-state index contributed by atoms with van der Waals surface area (Å²) in [6.07, 6.45) is 2.70. The molecule has 1 amide bonds. The number of anilines is 1. The molecule has 28 heavy (non-hydrogen) atoms. The van der Waals surface area contributed by atoms with Crippen molar-refractivity contribution in [3.63, 3.8) is 0 Å². The Bertz CT molecular complexity index is 981. The van der Waals surface area contributed by atoms with Gasteiger partial charge in [-0.15, -0.1) is 0 Å². The Morgan fingerprint density at radius 3 is 2.75 bits per heavy atom. The van der Waals surface area contributed by atoms with Gasteiger partial charge in [-0.2, -0.15) is 0 Å². The summed E-state index contributed by atoms with van der Waals surface area (Å²) in [4.78, 5) is 27.0. The number of rotatable bonds is 5. The molecule has 2 aromatic rings. The Morgan fingerprint density at radius 1 is 1.21 bits per heavy atom. The van der Waals surface area contributed by atoms with Crippen molar-refractivity contribution >= 4 is 23.5 Å². The summed E-state index contributed by atoms with van der Waals surface area (Å²) in [5.74, 6) is 0.489. The minimum Gasteiger partial charge on any atom is -0.454 e. The van der Waals surface area contributed by atoms with Crippen molar-refractivity contribution in [1.29, 1.82) is 0 Å². The summed E-state index contributed by atoms with van der Waals surface area (Å²) >= 11 is 0. The van der Waals surface area contributed by atoms with E-state index in [9.17, 15) is 14.7 Å². The molecule has 4 rings (SSSR count). The number of carbonyl (C=O) groups excluding carboxylic acids is 2. The predicted octanol–water partition coefficient (Wildman–Crippen LogP) is 3.03. The van der Waals surface area contributed by atoms with Gasteiger partial charge in [0.2, 0.25) is 6.79 Å². The fourth-order valence-electron chi connectivity index (χ4n) is 3.66. The van der Waals surface area contributed by atoms with Gasteiger partial charge < -0.3 is 19.5 Å². The number of fused-ring (bicyclic) bond motifs is 2. The molecule has 2 aliphatic heterocycles. The number of benzene rings is 2. The standard InChI is InChI=1S/C22H21NO5/c1-14(2)23-18-6-4-3-5-17(18)22(26,21(23)25)12-16(24)9-7-15-8-10-19-20(11-15)28-13-27-19/h3-11,14,26H,12-13H2,1-2H3/b9-7-/t22-/m1/s1. The van der Waals surface area contributed by atoms with Gasteiger partial charge in [-0.1, -0.05) is 30.3 Å². The maximum atomic E-state index is 12.9. The van der Waals surface area contributed by atoms with Crippen molar-refractivity contribution in [3.8, 4) is 11.5 Å². The Kier molecular flexibility index (Phi) is 4.43. The highest BCUT2D eigenvalue weighted by atomic mass is 16.7. The van der Waals surface area contributed by atoms with E-state index in [1.54, 1.807) is 41.3 Å². The monoisotopic (exact) mass is 379 g/mol. The number of para-hydroxylation sites is 1. The highest BCUT2D eigenvalue weighted by Gasteiger charge is 2.51. The SMILES string of the molecule is CC(C)N1C(=O)[C@@](O)(CC(=O)/C=C\c2ccc3c(c2)OCO3)c2ccccc21. The van der Waals surface area contributed by atoms with Gasteiger partial charge in [0.05, 0.1) is 12.1 Å². The average Bonchev–Trinajstić information content (AvgIpc) is 3.21. The van der Waals surface area contributed by atoms with Crippen LogP contribution in [0.1, 0.15) is 31.4 Å². The third-order valence-electron chi connectivity index (χ3n) is 4.99. The average molecular weight is 379 g/mol. The molecule has 0 aliphatic carbocycles. The number of carbonyl (C=O) groups is 2. The molecule has 0 unspecified atom stereocenters. The minimum absolute atomic E-state index is 0.123. The normalized spacial score (nSPS) is 20.3. The fraction of sp³-hybridized carbons (Fsp3) is 0.273. The van der Waals surface area contributed by atoms with E-state index in [0.29, 0.717) is 22.7 Å². The summed E-state index contributed by atoms with van der Waals surface area (Å²) in [5.41, 5.74) is 0.0413. The van der Waals surface area contributed by atoms with Crippen LogP contribution in [0.3, 0.4) is 0 Å². The van der Waals surface area contributed by atoms with E-state index in [1.807, 2.05) is 26.0 Å². The zero-order chi connectivity index (χ0) is 19.9. The molecule has 0 spiro atoms. The largest absolute Gasteiger partial charge is 0.454 e. The number of nitrogens with zero attached hydrogens (tertiary/aromatic N) is 1. The molecule has 2 aromatic carbocycles. The smallest absolute Gasteiger partial charge is 0.264 e. The van der Waals surface area contributed by atoms with Gasteiger partial charge in [0.25, 0.3) is 5.91 Å². The molecule has 2 aliphatic rings. The van der Waals surface area contributed by atoms with Gasteiger partial charge in [-0.25, -0.2) is 0 Å². The molecule has 0 fully saturated rings. The molecule has 0 saturated carbocycles. The van der Waals surface area contributed by atoms with Crippen LogP contribution in [0.25, 0.3) is 6.08 Å². The van der Waals surface area contributed by atoms with E-state index in [0.717, 1.165) is 5.56 Å². The van der Waals surface area contributed by atoms with Crippen molar-refractivity contribution in [1.82, 2.24) is 0 Å². The van der Waals surface area contributed by atoms with Crippen LogP contribution in [0.15, 0.2) is 48.5 Å². The predicted molar refractivity (Wildman–Crippen MR) is 104 cm³/mol. The third kappa shape index (κ3) is 2.96. The molecule has 1 atom stereocenters. The van der Waals surface area contributed by atoms with Crippen LogP contribution in [0, 0.1) is 0 Å². The first-order valence-corrected chi connectivity index (χ1v) is 9.16. The molecule has 0 saturated heterocycles. The Morgan fingerprint density at radius 2 is 1.96 bits per heavy atom. The first kappa shape index (κ1) is 18.3. The molecule has 0 aromatic heterocycles. The van der Waals surface area contributed by atoms with E-state index in [4.69, 9.17) is 9.47 Å². The molecule has 2 heterocycles. The maximum absolute atomic E-state index is 12.9. The van der Waals surface area contributed by atoms with Gasteiger partial charge in [0.1, 0.15) is 0 Å². The second-order valence-electron chi connectivity index (χ2n) is 7.24. The first-order chi connectivity index (χ1) is 13.4. The van der Waals surface area contributed by atoms with Crippen molar-refractivity contribution < 1.29 is 24.2 Å². The minimum atomic E-state index is -1.85. The van der Waals surface area contributed by atoms with Crippen LogP contribution in [0.2, 0.25) is 0 Å². The molecule has 1 N–H and O–H groups in total. The van der Waals surface area contributed by atoms with Crippen molar-refractivity contribution in [2.24, 2.45) is 0 Å². The number of ketones is 1. The van der Waals surface area contributed by atoms with E-state index in [-0.39, 0.29) is 25.0 Å². The van der Waals surface area contributed by atoms with Crippen LogP contribution >= 0.6 is 0 Å². The summed E-state index contributed by atoms with van der Waals surface area (Å²) in [5, 5.41) is 11.1. The van der Waals surface area contributed by atoms with Crippen LogP contribution in [0.4, 0.5) is 5.69 Å². The second-order valence-corrected chi connectivity index (χ2v) is 7.24. The van der Waals surface area contributed by atoms with Crippen LogP contribution in [-0.2, 0) is 15.2 Å². The third-order valence-corrected chi connectivity index (χ3v) is 4.99. The highest BCUT2D eigenvalue weighted by Crippen LogP contribution is 2.43. The van der Waals surface area contributed by atoms with Crippen LogP contribution in [0.5, 0.6) is 11.5 Å². The zero-order valence-corrected chi connectivity index (χ0v) is 15.7. The highest BCUT2D eigenvalue weighted by molar-refractivity contribution is 6.10. The quantitative estimate of drug-likeness (QED) is 0.808. The van der Waals surface area contributed by atoms with Gasteiger partial charge >= 0.3 is 0 Å². The van der Waals surface area contributed by atoms with Gasteiger partial charge in [0, 0.05) is 11.6 Å². The summed E-state index contributed by atoms with van der Waals surface area (Å²) in [7, 11) is 0. The van der Waals surface area contributed by atoms with Crippen molar-refractivity contribution in [2.45, 2.75) is 31.9 Å². The molecular weight excluding hydrogens is 358 g/mol. The topological polar surface area (TPSA) is 76.1 Å². The molecule has 0 bridgehead atoms.